The summed E-state index contributed by atoms with van der Waals surface area (Å²) in [4.78, 5) is 12.8. The van der Waals surface area contributed by atoms with Crippen LogP contribution in [0.5, 0.6) is 0 Å². The molecule has 0 spiro atoms. The Bertz CT molecular complexity index is 501. The van der Waals surface area contributed by atoms with E-state index >= 15 is 0 Å². The van der Waals surface area contributed by atoms with E-state index in [2.05, 4.69) is 41.8 Å². The van der Waals surface area contributed by atoms with Gasteiger partial charge in [-0.3, -0.25) is 4.79 Å². The van der Waals surface area contributed by atoms with Gasteiger partial charge in [0, 0.05) is 6.54 Å². The second-order valence-electron chi connectivity index (χ2n) is 7.54. The standard InChI is InChI=1S/C19H28N2O/c1-18(10-12-20-13-11-18)15-21-17(22)19(8-5-9-19)14-16-6-3-2-4-7-16/h2-4,6-7,20H,5,8-15H2,1H3,(H,21,22). The second-order valence-corrected chi connectivity index (χ2v) is 7.54. The fourth-order valence-electron chi connectivity index (χ4n) is 3.76. The maximum absolute atomic E-state index is 12.8. The molecular weight excluding hydrogens is 272 g/mol. The van der Waals surface area contributed by atoms with Crippen molar-refractivity contribution >= 4 is 5.91 Å². The molecule has 3 heteroatoms. The quantitative estimate of drug-likeness (QED) is 0.878. The van der Waals surface area contributed by atoms with Crippen LogP contribution in [0.4, 0.5) is 0 Å². The van der Waals surface area contributed by atoms with Gasteiger partial charge in [0.2, 0.25) is 5.91 Å². The van der Waals surface area contributed by atoms with Crippen LogP contribution in [0, 0.1) is 10.8 Å². The third-order valence-corrected chi connectivity index (χ3v) is 5.66. The van der Waals surface area contributed by atoms with Crippen LogP contribution >= 0.6 is 0 Å². The zero-order chi connectivity index (χ0) is 15.5. The predicted molar refractivity (Wildman–Crippen MR) is 89.7 cm³/mol. The SMILES string of the molecule is CC1(CNC(=O)C2(Cc3ccccc3)CCC2)CCNCC1. The van der Waals surface area contributed by atoms with E-state index in [0.29, 0.717) is 0 Å². The van der Waals surface area contributed by atoms with Crippen molar-refractivity contribution < 1.29 is 4.79 Å². The second kappa shape index (κ2) is 6.41. The van der Waals surface area contributed by atoms with Gasteiger partial charge in [0.05, 0.1) is 5.41 Å². The zero-order valence-electron chi connectivity index (χ0n) is 13.7. The summed E-state index contributed by atoms with van der Waals surface area (Å²) in [6.45, 7) is 5.27. The molecule has 0 bridgehead atoms. The first kappa shape index (κ1) is 15.5. The van der Waals surface area contributed by atoms with Crippen LogP contribution in [0.15, 0.2) is 30.3 Å². The van der Waals surface area contributed by atoms with Crippen LogP contribution in [0.25, 0.3) is 0 Å². The van der Waals surface area contributed by atoms with Crippen LogP contribution in [-0.4, -0.2) is 25.5 Å². The minimum absolute atomic E-state index is 0.148. The molecule has 1 saturated heterocycles. The van der Waals surface area contributed by atoms with Crippen LogP contribution in [0.3, 0.4) is 0 Å². The third kappa shape index (κ3) is 3.35. The number of hydrogen-bond acceptors (Lipinski definition) is 2. The summed E-state index contributed by atoms with van der Waals surface area (Å²) in [6, 6.07) is 10.4. The molecule has 0 unspecified atom stereocenters. The zero-order valence-corrected chi connectivity index (χ0v) is 13.7. The molecule has 1 aliphatic heterocycles. The van der Waals surface area contributed by atoms with Gasteiger partial charge in [0.1, 0.15) is 0 Å². The molecule has 2 N–H and O–H groups in total. The summed E-state index contributed by atoms with van der Waals surface area (Å²) < 4.78 is 0. The van der Waals surface area contributed by atoms with Crippen LogP contribution in [-0.2, 0) is 11.2 Å². The fourth-order valence-corrected chi connectivity index (χ4v) is 3.76. The van der Waals surface area contributed by atoms with E-state index in [1.165, 1.54) is 12.0 Å². The molecule has 0 aromatic heterocycles. The first-order chi connectivity index (χ1) is 10.6. The van der Waals surface area contributed by atoms with Crippen molar-refractivity contribution in [2.75, 3.05) is 19.6 Å². The van der Waals surface area contributed by atoms with Crippen molar-refractivity contribution in [3.05, 3.63) is 35.9 Å². The number of carbonyl (C=O) groups is 1. The van der Waals surface area contributed by atoms with Crippen molar-refractivity contribution in [2.24, 2.45) is 10.8 Å². The molecular formula is C19H28N2O. The minimum atomic E-state index is -0.148. The summed E-state index contributed by atoms with van der Waals surface area (Å²) in [5.74, 6) is 0.280. The van der Waals surface area contributed by atoms with Crippen molar-refractivity contribution in [1.82, 2.24) is 10.6 Å². The van der Waals surface area contributed by atoms with E-state index in [1.54, 1.807) is 0 Å². The lowest BCUT2D eigenvalue weighted by molar-refractivity contribution is -0.136. The van der Waals surface area contributed by atoms with Gasteiger partial charge in [-0.2, -0.15) is 0 Å². The molecule has 1 saturated carbocycles. The minimum Gasteiger partial charge on any atom is -0.355 e. The van der Waals surface area contributed by atoms with Gasteiger partial charge in [-0.05, 0) is 56.2 Å². The van der Waals surface area contributed by atoms with Crippen LogP contribution < -0.4 is 10.6 Å². The molecule has 1 aromatic rings. The van der Waals surface area contributed by atoms with E-state index in [-0.39, 0.29) is 16.7 Å². The third-order valence-electron chi connectivity index (χ3n) is 5.66. The van der Waals surface area contributed by atoms with Gasteiger partial charge >= 0.3 is 0 Å². The Labute approximate surface area is 133 Å². The Hall–Kier alpha value is -1.35. The number of nitrogens with one attached hydrogen (secondary N) is 2. The largest absolute Gasteiger partial charge is 0.355 e. The van der Waals surface area contributed by atoms with Crippen molar-refractivity contribution in [3.8, 4) is 0 Å². The summed E-state index contributed by atoms with van der Waals surface area (Å²) in [5.41, 5.74) is 1.40. The monoisotopic (exact) mass is 300 g/mol. The van der Waals surface area contributed by atoms with Gasteiger partial charge < -0.3 is 10.6 Å². The number of benzene rings is 1. The van der Waals surface area contributed by atoms with Crippen LogP contribution in [0.1, 0.15) is 44.6 Å². The van der Waals surface area contributed by atoms with Gasteiger partial charge in [0.25, 0.3) is 0 Å². The van der Waals surface area contributed by atoms with Gasteiger partial charge in [-0.15, -0.1) is 0 Å². The summed E-state index contributed by atoms with van der Waals surface area (Å²) in [5, 5.41) is 6.69. The lowest BCUT2D eigenvalue weighted by Crippen LogP contribution is -2.51. The normalized spacial score (nSPS) is 22.6. The molecule has 2 fully saturated rings. The number of hydrogen-bond donors (Lipinski definition) is 2. The smallest absolute Gasteiger partial charge is 0.226 e. The van der Waals surface area contributed by atoms with Gasteiger partial charge in [-0.1, -0.05) is 43.7 Å². The Morgan fingerprint density at radius 1 is 1.14 bits per heavy atom. The number of amides is 1. The molecule has 1 amide bonds. The van der Waals surface area contributed by atoms with Crippen molar-refractivity contribution in [2.45, 2.75) is 45.4 Å². The Morgan fingerprint density at radius 2 is 1.82 bits per heavy atom. The molecule has 0 radical (unpaired) electrons. The molecule has 1 heterocycles. The maximum Gasteiger partial charge on any atom is 0.226 e. The highest BCUT2D eigenvalue weighted by Gasteiger charge is 2.44. The lowest BCUT2D eigenvalue weighted by Gasteiger charge is -2.42. The van der Waals surface area contributed by atoms with E-state index in [9.17, 15) is 4.79 Å². The summed E-state index contributed by atoms with van der Waals surface area (Å²) in [6.07, 6.45) is 6.44. The molecule has 3 rings (SSSR count). The van der Waals surface area contributed by atoms with E-state index in [1.807, 2.05) is 6.07 Å². The van der Waals surface area contributed by atoms with E-state index < -0.39 is 0 Å². The average molecular weight is 300 g/mol. The highest BCUT2D eigenvalue weighted by Crippen LogP contribution is 2.44. The lowest BCUT2D eigenvalue weighted by atomic mass is 9.64. The Kier molecular flexibility index (Phi) is 4.53. The first-order valence-corrected chi connectivity index (χ1v) is 8.65. The average Bonchev–Trinajstić information content (AvgIpc) is 2.50. The molecule has 1 aromatic carbocycles. The van der Waals surface area contributed by atoms with Gasteiger partial charge in [0.15, 0.2) is 0 Å². The van der Waals surface area contributed by atoms with E-state index in [0.717, 1.165) is 51.7 Å². The number of rotatable bonds is 5. The van der Waals surface area contributed by atoms with E-state index in [4.69, 9.17) is 0 Å². The van der Waals surface area contributed by atoms with Gasteiger partial charge in [-0.25, -0.2) is 0 Å². The molecule has 2 aliphatic rings. The fraction of sp³-hybridized carbons (Fsp3) is 0.632. The predicted octanol–water partition coefficient (Wildman–Crippen LogP) is 2.91. The molecule has 120 valence electrons. The Balaban J connectivity index is 1.59. The molecule has 0 atom stereocenters. The van der Waals surface area contributed by atoms with Crippen molar-refractivity contribution in [3.63, 3.8) is 0 Å². The van der Waals surface area contributed by atoms with Crippen LogP contribution in [0.2, 0.25) is 0 Å². The molecule has 22 heavy (non-hydrogen) atoms. The first-order valence-electron chi connectivity index (χ1n) is 8.65. The van der Waals surface area contributed by atoms with Crippen molar-refractivity contribution in [1.29, 1.82) is 0 Å². The highest BCUT2D eigenvalue weighted by atomic mass is 16.2. The molecule has 1 aliphatic carbocycles. The Morgan fingerprint density at radius 3 is 2.41 bits per heavy atom. The number of piperidine rings is 1. The molecule has 3 nitrogen and oxygen atoms in total. The number of carbonyl (C=O) groups excluding carboxylic acids is 1. The maximum atomic E-state index is 12.8. The summed E-state index contributed by atoms with van der Waals surface area (Å²) >= 11 is 0. The topological polar surface area (TPSA) is 41.1 Å². The summed E-state index contributed by atoms with van der Waals surface area (Å²) in [7, 11) is 0. The highest BCUT2D eigenvalue weighted by molar-refractivity contribution is 5.83.